The second-order valence-corrected chi connectivity index (χ2v) is 7.27. The van der Waals surface area contributed by atoms with Crippen LogP contribution < -0.4 is 16.0 Å². The van der Waals surface area contributed by atoms with Crippen molar-refractivity contribution in [1.82, 2.24) is 15.2 Å². The number of aromatic nitrogens is 3. The van der Waals surface area contributed by atoms with E-state index in [4.69, 9.17) is 5.73 Å². The maximum Gasteiger partial charge on any atom is 0.252 e. The molecule has 0 radical (unpaired) electrons. The van der Waals surface area contributed by atoms with E-state index in [9.17, 15) is 13.6 Å². The summed E-state index contributed by atoms with van der Waals surface area (Å²) in [5, 5.41) is 11.5. The van der Waals surface area contributed by atoms with Crippen molar-refractivity contribution < 1.29 is 13.6 Å². The molecule has 1 aliphatic rings. The lowest BCUT2D eigenvalue weighted by Gasteiger charge is -2.23. The number of hydrogen-bond donors (Lipinski definition) is 2. The minimum absolute atomic E-state index is 0.125. The van der Waals surface area contributed by atoms with Crippen molar-refractivity contribution in [3.63, 3.8) is 0 Å². The van der Waals surface area contributed by atoms with Gasteiger partial charge in [-0.15, -0.1) is 10.2 Å². The smallest absolute Gasteiger partial charge is 0.252 e. The van der Waals surface area contributed by atoms with E-state index in [1.165, 1.54) is 18.2 Å². The van der Waals surface area contributed by atoms with Crippen molar-refractivity contribution in [2.24, 2.45) is 5.73 Å². The fourth-order valence-corrected chi connectivity index (χ4v) is 3.67. The minimum Gasteiger partial charge on any atom is -0.366 e. The predicted molar refractivity (Wildman–Crippen MR) is 109 cm³/mol. The van der Waals surface area contributed by atoms with Crippen molar-refractivity contribution in [1.29, 1.82) is 0 Å². The quantitative estimate of drug-likeness (QED) is 0.670. The Morgan fingerprint density at radius 3 is 2.77 bits per heavy atom. The second-order valence-electron chi connectivity index (χ2n) is 7.27. The summed E-state index contributed by atoms with van der Waals surface area (Å²) in [5.41, 5.74) is 8.07. The molecule has 0 aliphatic carbocycles. The van der Waals surface area contributed by atoms with Gasteiger partial charge in [0.25, 0.3) is 5.95 Å². The third-order valence-electron chi connectivity index (χ3n) is 5.06. The number of primary amides is 1. The van der Waals surface area contributed by atoms with Crippen LogP contribution >= 0.6 is 0 Å². The zero-order valence-electron chi connectivity index (χ0n) is 16.5. The Balaban J connectivity index is 1.67. The number of carbonyl (C=O) groups excluding carboxylic acids is 1. The van der Waals surface area contributed by atoms with Crippen molar-refractivity contribution in [3.05, 3.63) is 70.4 Å². The Bertz CT molecular complexity index is 1140. The molecule has 0 saturated heterocycles. The zero-order valence-corrected chi connectivity index (χ0v) is 16.5. The van der Waals surface area contributed by atoms with E-state index in [0.29, 0.717) is 35.7 Å². The average Bonchev–Trinajstić information content (AvgIpc) is 3.02. The number of hydrogen-bond acceptors (Lipinski definition) is 6. The highest BCUT2D eigenvalue weighted by molar-refractivity contribution is 5.97. The van der Waals surface area contributed by atoms with Crippen molar-refractivity contribution >= 4 is 23.4 Å². The third-order valence-corrected chi connectivity index (χ3v) is 5.06. The van der Waals surface area contributed by atoms with Crippen LogP contribution in [0.2, 0.25) is 0 Å². The van der Waals surface area contributed by atoms with E-state index in [0.717, 1.165) is 11.6 Å². The van der Waals surface area contributed by atoms with Gasteiger partial charge < -0.3 is 16.0 Å². The van der Waals surface area contributed by atoms with Gasteiger partial charge in [0.1, 0.15) is 17.3 Å². The lowest BCUT2D eigenvalue weighted by Crippen LogP contribution is -2.26. The Labute approximate surface area is 171 Å². The molecule has 0 bridgehead atoms. The van der Waals surface area contributed by atoms with Crippen molar-refractivity contribution in [3.8, 4) is 0 Å². The van der Waals surface area contributed by atoms with Crippen LogP contribution in [0.3, 0.4) is 0 Å². The summed E-state index contributed by atoms with van der Waals surface area (Å²) in [7, 11) is 0. The summed E-state index contributed by atoms with van der Waals surface area (Å²) in [5.74, 6) is -0.806. The highest BCUT2D eigenvalue weighted by Gasteiger charge is 2.33. The van der Waals surface area contributed by atoms with Crippen LogP contribution in [-0.2, 0) is 13.0 Å². The number of nitrogens with two attached hydrogens (primary N) is 1. The van der Waals surface area contributed by atoms with E-state index >= 15 is 0 Å². The van der Waals surface area contributed by atoms with Crippen LogP contribution in [0, 0.1) is 18.6 Å². The minimum atomic E-state index is -0.680. The van der Waals surface area contributed by atoms with Gasteiger partial charge in [-0.3, -0.25) is 4.79 Å². The van der Waals surface area contributed by atoms with Crippen LogP contribution in [0.4, 0.5) is 26.2 Å². The average molecular weight is 410 g/mol. The zero-order chi connectivity index (χ0) is 21.4. The van der Waals surface area contributed by atoms with E-state index in [1.54, 1.807) is 24.0 Å². The number of carbonyl (C=O) groups is 1. The molecule has 3 N–H and O–H groups in total. The normalized spacial score (nSPS) is 15.2. The van der Waals surface area contributed by atoms with E-state index in [-0.39, 0.29) is 23.4 Å². The number of benzene rings is 2. The molecule has 30 heavy (non-hydrogen) atoms. The van der Waals surface area contributed by atoms with Crippen molar-refractivity contribution in [2.45, 2.75) is 32.9 Å². The number of aryl methyl sites for hydroxylation is 1. The van der Waals surface area contributed by atoms with Crippen molar-refractivity contribution in [2.75, 3.05) is 10.2 Å². The predicted octanol–water partition coefficient (Wildman–Crippen LogP) is 3.25. The molecule has 1 unspecified atom stereocenters. The Kier molecular flexibility index (Phi) is 5.03. The highest BCUT2D eigenvalue weighted by Crippen LogP contribution is 2.39. The van der Waals surface area contributed by atoms with E-state index in [1.807, 2.05) is 6.92 Å². The number of rotatable bonds is 5. The number of nitrogens with one attached hydrogen (secondary N) is 1. The number of nitrogens with zero attached hydrogens (tertiary/aromatic N) is 4. The van der Waals surface area contributed by atoms with Gasteiger partial charge in [-0.25, -0.2) is 8.78 Å². The summed E-state index contributed by atoms with van der Waals surface area (Å²) in [4.78, 5) is 18.1. The second kappa shape index (κ2) is 7.66. The molecular weight excluding hydrogens is 390 g/mol. The molecule has 2 aromatic carbocycles. The fourth-order valence-electron chi connectivity index (χ4n) is 3.67. The molecule has 1 aliphatic heterocycles. The van der Waals surface area contributed by atoms with Crippen LogP contribution in [-0.4, -0.2) is 27.1 Å². The van der Waals surface area contributed by atoms with E-state index in [2.05, 4.69) is 20.5 Å². The Hall–Kier alpha value is -3.62. The SMILES string of the molecule is Cc1nnc(N2c3cc(F)cc(C(N)=O)c3CC2C)nc1NCc1cccc(F)c1. The van der Waals surface area contributed by atoms with Crippen LogP contribution in [0.25, 0.3) is 0 Å². The molecule has 1 aromatic heterocycles. The topological polar surface area (TPSA) is 97.0 Å². The summed E-state index contributed by atoms with van der Waals surface area (Å²) in [6, 6.07) is 8.62. The largest absolute Gasteiger partial charge is 0.366 e. The molecule has 154 valence electrons. The van der Waals surface area contributed by atoms with E-state index < -0.39 is 11.7 Å². The monoisotopic (exact) mass is 410 g/mol. The first-order valence-electron chi connectivity index (χ1n) is 9.44. The summed E-state index contributed by atoms with van der Waals surface area (Å²) < 4.78 is 27.6. The number of fused-ring (bicyclic) bond motifs is 1. The summed E-state index contributed by atoms with van der Waals surface area (Å²) in [6.07, 6.45) is 0.497. The molecule has 4 rings (SSSR count). The van der Waals surface area contributed by atoms with Gasteiger partial charge in [0, 0.05) is 18.2 Å². The molecule has 7 nitrogen and oxygen atoms in total. The lowest BCUT2D eigenvalue weighted by atomic mass is 10.0. The number of halogens is 2. The molecule has 0 saturated carbocycles. The fraction of sp³-hybridized carbons (Fsp3) is 0.238. The molecule has 0 spiro atoms. The molecule has 9 heteroatoms. The molecule has 1 atom stereocenters. The Morgan fingerprint density at radius 2 is 2.03 bits per heavy atom. The van der Waals surface area contributed by atoms with Gasteiger partial charge in [0.2, 0.25) is 5.91 Å². The lowest BCUT2D eigenvalue weighted by molar-refractivity contribution is 0.0999. The van der Waals surface area contributed by atoms with Gasteiger partial charge in [-0.2, -0.15) is 4.98 Å². The van der Waals surface area contributed by atoms with Crippen LogP contribution in [0.5, 0.6) is 0 Å². The molecular formula is C21H20F2N6O. The molecule has 1 amide bonds. The van der Waals surface area contributed by atoms with Gasteiger partial charge in [-0.1, -0.05) is 12.1 Å². The maximum absolute atomic E-state index is 14.1. The van der Waals surface area contributed by atoms with Gasteiger partial charge >= 0.3 is 0 Å². The highest BCUT2D eigenvalue weighted by atomic mass is 19.1. The summed E-state index contributed by atoms with van der Waals surface area (Å²) >= 11 is 0. The first-order chi connectivity index (χ1) is 14.3. The van der Waals surface area contributed by atoms with Gasteiger partial charge in [-0.05, 0) is 55.7 Å². The van der Waals surface area contributed by atoms with Crippen LogP contribution in [0.1, 0.15) is 34.1 Å². The molecule has 2 heterocycles. The standard InChI is InChI=1S/C21H20F2N6O/c1-11-6-16-17(19(24)30)8-15(23)9-18(16)29(11)21-26-20(12(2)27-28-21)25-10-13-4-3-5-14(22)7-13/h3-5,7-9,11H,6,10H2,1-2H3,(H2,24,30)(H,25,26,28). The number of anilines is 3. The molecule has 0 fully saturated rings. The Morgan fingerprint density at radius 1 is 1.23 bits per heavy atom. The maximum atomic E-state index is 14.1. The number of amides is 1. The first-order valence-corrected chi connectivity index (χ1v) is 9.44. The third kappa shape index (κ3) is 3.66. The van der Waals surface area contributed by atoms with Gasteiger partial charge in [0.15, 0.2) is 5.82 Å². The van der Waals surface area contributed by atoms with Gasteiger partial charge in [0.05, 0.1) is 5.69 Å². The summed E-state index contributed by atoms with van der Waals surface area (Å²) in [6.45, 7) is 4.03. The first kappa shape index (κ1) is 19.7. The van der Waals surface area contributed by atoms with Crippen LogP contribution in [0.15, 0.2) is 36.4 Å². The molecule has 3 aromatic rings.